The van der Waals surface area contributed by atoms with E-state index in [1.165, 1.54) is 0 Å². The lowest BCUT2D eigenvalue weighted by Crippen LogP contribution is -2.18. The average molecular weight is 305 g/mol. The van der Waals surface area contributed by atoms with Crippen molar-refractivity contribution >= 4 is 13.3 Å². The zero-order valence-corrected chi connectivity index (χ0v) is 13.3. The van der Waals surface area contributed by atoms with Gasteiger partial charge in [0.25, 0.3) is 0 Å². The Kier molecular flexibility index (Phi) is 4.13. The zero-order valence-electron chi connectivity index (χ0n) is 12.4. The third-order valence-corrected chi connectivity index (χ3v) is 5.32. The number of hydrogen-bond acceptors (Lipinski definition) is 3. The minimum Gasteiger partial charge on any atom is -0.423 e. The molecular formula is C16H20NO3P. The predicted octanol–water partition coefficient (Wildman–Crippen LogP) is 4.30. The van der Waals surface area contributed by atoms with Crippen LogP contribution >= 0.6 is 7.60 Å². The Morgan fingerprint density at radius 1 is 1.05 bits per heavy atom. The van der Waals surface area contributed by atoms with Crippen LogP contribution in [0.3, 0.4) is 0 Å². The summed E-state index contributed by atoms with van der Waals surface area (Å²) in [6.07, 6.45) is 0. The monoisotopic (exact) mass is 305 g/mol. The van der Waals surface area contributed by atoms with Gasteiger partial charge in [0.2, 0.25) is 0 Å². The molecule has 3 N–H and O–H groups in total. The lowest BCUT2D eigenvalue weighted by atomic mass is 10.0. The van der Waals surface area contributed by atoms with Gasteiger partial charge in [-0.05, 0) is 44.5 Å². The maximum atomic E-state index is 12.4. The number of nitrogen functional groups attached to an aromatic ring is 1. The van der Waals surface area contributed by atoms with Crippen LogP contribution in [-0.4, -0.2) is 10.0 Å². The van der Waals surface area contributed by atoms with Crippen LogP contribution in [0.25, 0.3) is 11.1 Å². The van der Waals surface area contributed by atoms with Crippen LogP contribution < -0.4 is 10.3 Å². The van der Waals surface area contributed by atoms with Gasteiger partial charge < -0.3 is 15.2 Å². The molecule has 1 atom stereocenters. The molecule has 112 valence electrons. The summed E-state index contributed by atoms with van der Waals surface area (Å²) in [4.78, 5) is 10.1. The van der Waals surface area contributed by atoms with E-state index in [0.29, 0.717) is 11.4 Å². The van der Waals surface area contributed by atoms with Crippen LogP contribution in [0.1, 0.15) is 20.8 Å². The first-order valence-corrected chi connectivity index (χ1v) is 8.26. The van der Waals surface area contributed by atoms with Gasteiger partial charge in [-0.25, -0.2) is 4.57 Å². The fraction of sp³-hybridized carbons (Fsp3) is 0.250. The minimum atomic E-state index is -3.78. The highest BCUT2D eigenvalue weighted by atomic mass is 31.2. The van der Waals surface area contributed by atoms with E-state index >= 15 is 0 Å². The number of rotatable bonds is 3. The Morgan fingerprint density at radius 2 is 1.62 bits per heavy atom. The van der Waals surface area contributed by atoms with Gasteiger partial charge in [0.1, 0.15) is 5.75 Å². The van der Waals surface area contributed by atoms with E-state index in [1.807, 2.05) is 24.3 Å². The highest BCUT2D eigenvalue weighted by molar-refractivity contribution is 7.54. The number of benzene rings is 2. The molecule has 0 amide bonds. The molecule has 0 heterocycles. The lowest BCUT2D eigenvalue weighted by Gasteiger charge is -2.26. The molecule has 0 bridgehead atoms. The van der Waals surface area contributed by atoms with E-state index in [1.54, 1.807) is 45.0 Å². The molecule has 1 unspecified atom stereocenters. The summed E-state index contributed by atoms with van der Waals surface area (Å²) >= 11 is 0. The zero-order chi connectivity index (χ0) is 15.7. The molecule has 0 radical (unpaired) electrons. The van der Waals surface area contributed by atoms with E-state index in [2.05, 4.69) is 0 Å². The predicted molar refractivity (Wildman–Crippen MR) is 86.5 cm³/mol. The van der Waals surface area contributed by atoms with Crippen LogP contribution in [0.2, 0.25) is 0 Å². The van der Waals surface area contributed by atoms with Gasteiger partial charge in [-0.15, -0.1) is 0 Å². The lowest BCUT2D eigenvalue weighted by molar-refractivity contribution is 0.350. The summed E-state index contributed by atoms with van der Waals surface area (Å²) in [7, 11) is -3.78. The van der Waals surface area contributed by atoms with Gasteiger partial charge in [0.05, 0.1) is 5.16 Å². The first-order valence-electron chi connectivity index (χ1n) is 6.68. The largest absolute Gasteiger partial charge is 0.423 e. The molecule has 2 aromatic carbocycles. The van der Waals surface area contributed by atoms with E-state index in [-0.39, 0.29) is 0 Å². The van der Waals surface area contributed by atoms with Crippen molar-refractivity contribution < 1.29 is 14.0 Å². The molecule has 2 aromatic rings. The maximum Gasteiger partial charge on any atom is 0.381 e. The molecule has 0 aliphatic carbocycles. The van der Waals surface area contributed by atoms with Crippen molar-refractivity contribution in [3.63, 3.8) is 0 Å². The number of anilines is 1. The first-order chi connectivity index (χ1) is 9.71. The van der Waals surface area contributed by atoms with Gasteiger partial charge in [-0.2, -0.15) is 0 Å². The van der Waals surface area contributed by atoms with Gasteiger partial charge in [0, 0.05) is 11.3 Å². The van der Waals surface area contributed by atoms with E-state index in [4.69, 9.17) is 10.3 Å². The van der Waals surface area contributed by atoms with Crippen molar-refractivity contribution in [3.8, 4) is 16.9 Å². The standard InChI is InChI=1S/C16H20NO3P/c1-16(2,3)21(18,19)20-15-7-5-4-6-14(15)12-8-10-13(17)11-9-12/h4-11H,17H2,1-3H3,(H,18,19). The van der Waals surface area contributed by atoms with Crippen molar-refractivity contribution in [2.45, 2.75) is 25.9 Å². The second kappa shape index (κ2) is 5.55. The molecular weight excluding hydrogens is 285 g/mol. The molecule has 0 spiro atoms. The fourth-order valence-electron chi connectivity index (χ4n) is 1.72. The topological polar surface area (TPSA) is 72.5 Å². The SMILES string of the molecule is CC(C)(C)P(=O)(O)Oc1ccccc1-c1ccc(N)cc1. The van der Waals surface area contributed by atoms with Gasteiger partial charge in [0.15, 0.2) is 0 Å². The summed E-state index contributed by atoms with van der Waals surface area (Å²) in [5.74, 6) is 0.392. The van der Waals surface area contributed by atoms with Crippen LogP contribution in [0.15, 0.2) is 48.5 Å². The second-order valence-corrected chi connectivity index (χ2v) is 8.47. The molecule has 0 saturated heterocycles. The molecule has 0 aromatic heterocycles. The summed E-state index contributed by atoms with van der Waals surface area (Å²) in [5, 5.41) is -0.846. The van der Waals surface area contributed by atoms with Crippen LogP contribution in [-0.2, 0) is 4.57 Å². The smallest absolute Gasteiger partial charge is 0.381 e. The fourth-order valence-corrected chi connectivity index (χ4v) is 2.42. The Hall–Kier alpha value is -1.77. The Balaban J connectivity index is 2.43. The Labute approximate surface area is 125 Å². The number of para-hydroxylation sites is 1. The van der Waals surface area contributed by atoms with Crippen molar-refractivity contribution in [3.05, 3.63) is 48.5 Å². The molecule has 21 heavy (non-hydrogen) atoms. The van der Waals surface area contributed by atoms with E-state index < -0.39 is 12.8 Å². The highest BCUT2D eigenvalue weighted by Gasteiger charge is 2.38. The third kappa shape index (κ3) is 3.46. The third-order valence-electron chi connectivity index (χ3n) is 3.18. The molecule has 0 aliphatic rings. The quantitative estimate of drug-likeness (QED) is 0.655. The maximum absolute atomic E-state index is 12.4. The normalized spacial score (nSPS) is 14.5. The van der Waals surface area contributed by atoms with E-state index in [0.717, 1.165) is 11.1 Å². The van der Waals surface area contributed by atoms with Crippen LogP contribution in [0.5, 0.6) is 5.75 Å². The first kappa shape index (κ1) is 15.6. The molecule has 0 aliphatic heterocycles. The molecule has 2 rings (SSSR count). The van der Waals surface area contributed by atoms with Crippen molar-refractivity contribution in [2.75, 3.05) is 5.73 Å². The van der Waals surface area contributed by atoms with Crippen LogP contribution in [0.4, 0.5) is 5.69 Å². The highest BCUT2D eigenvalue weighted by Crippen LogP contribution is 2.55. The summed E-state index contributed by atoms with van der Waals surface area (Å²) < 4.78 is 17.8. The van der Waals surface area contributed by atoms with Crippen molar-refractivity contribution in [2.24, 2.45) is 0 Å². The Bertz CT molecular complexity index is 675. The van der Waals surface area contributed by atoms with Crippen LogP contribution in [0, 0.1) is 0 Å². The van der Waals surface area contributed by atoms with Gasteiger partial charge >= 0.3 is 7.60 Å². The number of hydrogen-bond donors (Lipinski definition) is 2. The molecule has 0 saturated carbocycles. The summed E-state index contributed by atoms with van der Waals surface area (Å²) in [5.41, 5.74) is 8.00. The Morgan fingerprint density at radius 3 is 2.19 bits per heavy atom. The molecule has 5 heteroatoms. The van der Waals surface area contributed by atoms with Gasteiger partial charge in [-0.1, -0.05) is 30.3 Å². The van der Waals surface area contributed by atoms with Crippen molar-refractivity contribution in [1.82, 2.24) is 0 Å². The number of nitrogens with two attached hydrogens (primary N) is 1. The van der Waals surface area contributed by atoms with Gasteiger partial charge in [-0.3, -0.25) is 0 Å². The molecule has 4 nitrogen and oxygen atoms in total. The minimum absolute atomic E-state index is 0.392. The summed E-state index contributed by atoms with van der Waals surface area (Å²) in [6, 6.07) is 14.5. The summed E-state index contributed by atoms with van der Waals surface area (Å²) in [6.45, 7) is 5.04. The van der Waals surface area contributed by atoms with Crippen molar-refractivity contribution in [1.29, 1.82) is 0 Å². The molecule has 0 fully saturated rings. The average Bonchev–Trinajstić information content (AvgIpc) is 2.39. The second-order valence-electron chi connectivity index (χ2n) is 5.90. The van der Waals surface area contributed by atoms with E-state index in [9.17, 15) is 9.46 Å².